The molecule has 1 unspecified atom stereocenters. The van der Waals surface area contributed by atoms with Crippen LogP contribution in [-0.4, -0.2) is 0 Å². The smallest absolute Gasteiger partial charge is 0.207 e. The molecule has 6 heteroatoms. The molecule has 2 aromatic rings. The summed E-state index contributed by atoms with van der Waals surface area (Å²) in [7, 11) is 0. The van der Waals surface area contributed by atoms with Gasteiger partial charge in [0, 0.05) is 10.9 Å². The summed E-state index contributed by atoms with van der Waals surface area (Å²) >= 11 is 3.29. The van der Waals surface area contributed by atoms with E-state index in [-0.39, 0.29) is 4.83 Å². The molecular formula is C15H10BrF5. The predicted molar refractivity (Wildman–Crippen MR) is 73.2 cm³/mol. The van der Waals surface area contributed by atoms with Crippen molar-refractivity contribution in [3.8, 4) is 0 Å². The fourth-order valence-electron chi connectivity index (χ4n) is 1.91. The molecule has 0 N–H and O–H groups in total. The molecule has 0 aliphatic carbocycles. The minimum Gasteiger partial charge on any atom is -0.207 e. The van der Waals surface area contributed by atoms with Gasteiger partial charge in [0.25, 0.3) is 0 Å². The van der Waals surface area contributed by atoms with Crippen LogP contribution >= 0.6 is 15.9 Å². The average Bonchev–Trinajstić information content (AvgIpc) is 2.37. The van der Waals surface area contributed by atoms with Crippen molar-refractivity contribution in [3.63, 3.8) is 0 Å². The number of hydrogen-bond donors (Lipinski definition) is 0. The van der Waals surface area contributed by atoms with Gasteiger partial charge in [0.2, 0.25) is 0 Å². The molecule has 0 spiro atoms. The molecule has 0 nitrogen and oxygen atoms in total. The largest absolute Gasteiger partial charge is 0.416 e. The van der Waals surface area contributed by atoms with Gasteiger partial charge < -0.3 is 0 Å². The Morgan fingerprint density at radius 2 is 1.43 bits per heavy atom. The highest BCUT2D eigenvalue weighted by atomic mass is 79.9. The van der Waals surface area contributed by atoms with Crippen molar-refractivity contribution in [2.75, 3.05) is 0 Å². The number of alkyl halides is 4. The molecular weight excluding hydrogens is 355 g/mol. The zero-order valence-electron chi connectivity index (χ0n) is 10.6. The summed E-state index contributed by atoms with van der Waals surface area (Å²) in [5.41, 5.74) is 0.302. The van der Waals surface area contributed by atoms with Crippen LogP contribution in [-0.2, 0) is 12.6 Å². The molecule has 0 aromatic heterocycles. The number of benzene rings is 2. The van der Waals surface area contributed by atoms with Crippen LogP contribution in [0.5, 0.6) is 0 Å². The highest BCUT2D eigenvalue weighted by Crippen LogP contribution is 2.31. The maximum absolute atomic E-state index is 13.1. The number of halogens is 6. The molecule has 0 radical (unpaired) electrons. The Morgan fingerprint density at radius 1 is 0.905 bits per heavy atom. The van der Waals surface area contributed by atoms with E-state index in [4.69, 9.17) is 0 Å². The SMILES string of the molecule is Fc1cc(F)cc(C(Br)Cc2ccc(C(F)(F)F)cc2)c1. The molecule has 0 amide bonds. The second-order valence-electron chi connectivity index (χ2n) is 4.57. The van der Waals surface area contributed by atoms with E-state index in [9.17, 15) is 22.0 Å². The summed E-state index contributed by atoms with van der Waals surface area (Å²) in [6.45, 7) is 0. The highest BCUT2D eigenvalue weighted by Gasteiger charge is 2.29. The topological polar surface area (TPSA) is 0 Å². The molecule has 0 fully saturated rings. The van der Waals surface area contributed by atoms with Crippen molar-refractivity contribution < 1.29 is 22.0 Å². The zero-order chi connectivity index (χ0) is 15.6. The first-order valence-corrected chi connectivity index (χ1v) is 6.93. The van der Waals surface area contributed by atoms with Crippen molar-refractivity contribution >= 4 is 15.9 Å². The molecule has 112 valence electrons. The van der Waals surface area contributed by atoms with Crippen molar-refractivity contribution in [2.24, 2.45) is 0 Å². The second kappa shape index (κ2) is 6.13. The van der Waals surface area contributed by atoms with Gasteiger partial charge in [0.15, 0.2) is 0 Å². The Labute approximate surface area is 126 Å². The van der Waals surface area contributed by atoms with E-state index < -0.39 is 23.4 Å². The third-order valence-corrected chi connectivity index (χ3v) is 3.80. The minimum atomic E-state index is -4.38. The van der Waals surface area contributed by atoms with Crippen LogP contribution < -0.4 is 0 Å². The van der Waals surface area contributed by atoms with Gasteiger partial charge in [-0.2, -0.15) is 13.2 Å². The normalized spacial score (nSPS) is 13.2. The van der Waals surface area contributed by atoms with Crippen LogP contribution in [0.2, 0.25) is 0 Å². The molecule has 0 bridgehead atoms. The van der Waals surface area contributed by atoms with Gasteiger partial charge in [-0.05, 0) is 41.8 Å². The lowest BCUT2D eigenvalue weighted by Crippen LogP contribution is -2.05. The van der Waals surface area contributed by atoms with Crippen molar-refractivity contribution in [1.82, 2.24) is 0 Å². The summed E-state index contributed by atoms with van der Waals surface area (Å²) < 4.78 is 63.6. The van der Waals surface area contributed by atoms with Crippen LogP contribution in [0.15, 0.2) is 42.5 Å². The average molecular weight is 365 g/mol. The maximum atomic E-state index is 13.1. The molecule has 21 heavy (non-hydrogen) atoms. The fourth-order valence-corrected chi connectivity index (χ4v) is 2.55. The van der Waals surface area contributed by atoms with E-state index in [2.05, 4.69) is 15.9 Å². The van der Waals surface area contributed by atoms with Gasteiger partial charge in [0.05, 0.1) is 5.56 Å². The summed E-state index contributed by atoms with van der Waals surface area (Å²) in [5, 5.41) is 0. The number of rotatable bonds is 3. The third-order valence-electron chi connectivity index (χ3n) is 2.94. The molecule has 2 rings (SSSR count). The molecule has 2 aromatic carbocycles. The lowest BCUT2D eigenvalue weighted by Gasteiger charge is -2.12. The predicted octanol–water partition coefficient (Wildman–Crippen LogP) is 5.66. The molecule has 0 saturated carbocycles. The summed E-state index contributed by atoms with van der Waals surface area (Å²) in [6, 6.07) is 7.82. The van der Waals surface area contributed by atoms with Gasteiger partial charge in [-0.3, -0.25) is 0 Å². The Bertz CT molecular complexity index is 599. The summed E-state index contributed by atoms with van der Waals surface area (Å²) in [5.74, 6) is -1.39. The van der Waals surface area contributed by atoms with Gasteiger partial charge in [0.1, 0.15) is 11.6 Å². The Kier molecular flexibility index (Phi) is 4.66. The molecule has 0 saturated heterocycles. The van der Waals surface area contributed by atoms with Crippen LogP contribution in [0.3, 0.4) is 0 Å². The third kappa shape index (κ3) is 4.27. The van der Waals surface area contributed by atoms with E-state index in [0.717, 1.165) is 18.2 Å². The molecule has 0 aliphatic rings. The molecule has 0 aliphatic heterocycles. The van der Waals surface area contributed by atoms with Crippen LogP contribution in [0.4, 0.5) is 22.0 Å². The fraction of sp³-hybridized carbons (Fsp3) is 0.200. The molecule has 0 heterocycles. The lowest BCUT2D eigenvalue weighted by molar-refractivity contribution is -0.137. The quantitative estimate of drug-likeness (QED) is 0.486. The first-order valence-electron chi connectivity index (χ1n) is 6.02. The minimum absolute atomic E-state index is 0.320. The van der Waals surface area contributed by atoms with Gasteiger partial charge in [-0.15, -0.1) is 0 Å². The lowest BCUT2D eigenvalue weighted by atomic mass is 10.0. The highest BCUT2D eigenvalue weighted by molar-refractivity contribution is 9.09. The van der Waals surface area contributed by atoms with Gasteiger partial charge in [-0.1, -0.05) is 28.1 Å². The zero-order valence-corrected chi connectivity index (χ0v) is 12.2. The standard InChI is InChI=1S/C15H10BrF5/c16-14(10-6-12(17)8-13(18)7-10)5-9-1-3-11(4-2-9)15(19,20)21/h1-4,6-8,14H,5H2. The number of hydrogen-bond acceptors (Lipinski definition) is 0. The Balaban J connectivity index is 2.14. The van der Waals surface area contributed by atoms with Gasteiger partial charge in [-0.25, -0.2) is 8.78 Å². The van der Waals surface area contributed by atoms with E-state index in [1.807, 2.05) is 0 Å². The van der Waals surface area contributed by atoms with E-state index in [1.165, 1.54) is 24.3 Å². The second-order valence-corrected chi connectivity index (χ2v) is 5.67. The Hall–Kier alpha value is -1.43. The van der Waals surface area contributed by atoms with E-state index in [0.29, 0.717) is 17.5 Å². The van der Waals surface area contributed by atoms with Crippen LogP contribution in [0, 0.1) is 11.6 Å². The summed E-state index contributed by atoms with van der Waals surface area (Å²) in [4.78, 5) is -0.389. The maximum Gasteiger partial charge on any atom is 0.416 e. The van der Waals surface area contributed by atoms with E-state index in [1.54, 1.807) is 0 Å². The van der Waals surface area contributed by atoms with Gasteiger partial charge >= 0.3 is 6.18 Å². The van der Waals surface area contributed by atoms with Crippen LogP contribution in [0.1, 0.15) is 21.5 Å². The van der Waals surface area contributed by atoms with Crippen molar-refractivity contribution in [3.05, 3.63) is 70.8 Å². The Morgan fingerprint density at radius 3 is 1.90 bits per heavy atom. The van der Waals surface area contributed by atoms with Crippen molar-refractivity contribution in [2.45, 2.75) is 17.4 Å². The first kappa shape index (κ1) is 15.9. The van der Waals surface area contributed by atoms with Crippen molar-refractivity contribution in [1.29, 1.82) is 0 Å². The summed E-state index contributed by atoms with van der Waals surface area (Å²) in [6.07, 6.45) is -4.06. The van der Waals surface area contributed by atoms with E-state index >= 15 is 0 Å². The monoisotopic (exact) mass is 364 g/mol. The first-order chi connectivity index (χ1) is 9.75. The van der Waals surface area contributed by atoms with Crippen LogP contribution in [0.25, 0.3) is 0 Å². The molecule has 1 atom stereocenters.